The van der Waals surface area contributed by atoms with E-state index in [1.165, 1.54) is 4.90 Å². The Morgan fingerprint density at radius 2 is 1.73 bits per heavy atom. The highest BCUT2D eigenvalue weighted by molar-refractivity contribution is 7.92. The Bertz CT molecular complexity index is 1140. The van der Waals surface area contributed by atoms with E-state index in [9.17, 15) is 13.2 Å². The lowest BCUT2D eigenvalue weighted by molar-refractivity contribution is -0.129. The van der Waals surface area contributed by atoms with E-state index in [4.69, 9.17) is 4.52 Å². The van der Waals surface area contributed by atoms with Crippen LogP contribution < -0.4 is 4.31 Å². The van der Waals surface area contributed by atoms with Crippen molar-refractivity contribution in [1.82, 2.24) is 15.0 Å². The van der Waals surface area contributed by atoms with Gasteiger partial charge >= 0.3 is 0 Å². The van der Waals surface area contributed by atoms with Crippen LogP contribution >= 0.6 is 0 Å². The molecule has 0 radical (unpaired) electrons. The second-order valence-corrected chi connectivity index (χ2v) is 9.09. The molecule has 3 rings (SSSR count). The molecule has 3 aromatic rings. The molecule has 0 N–H and O–H groups in total. The molecule has 0 aliphatic carbocycles. The minimum Gasteiger partial charge on any atom is -0.337 e. The monoisotopic (exact) mass is 428 g/mol. The lowest BCUT2D eigenvalue weighted by Gasteiger charge is -2.25. The second kappa shape index (κ2) is 8.66. The zero-order chi connectivity index (χ0) is 21.9. The summed E-state index contributed by atoms with van der Waals surface area (Å²) in [5.74, 6) is 0.311. The van der Waals surface area contributed by atoms with Gasteiger partial charge in [0.25, 0.3) is 0 Å². The van der Waals surface area contributed by atoms with Crippen molar-refractivity contribution in [2.45, 2.75) is 20.4 Å². The van der Waals surface area contributed by atoms with Gasteiger partial charge in [-0.25, -0.2) is 8.42 Å². The molecule has 9 heteroatoms. The van der Waals surface area contributed by atoms with Gasteiger partial charge in [0.1, 0.15) is 6.54 Å². The van der Waals surface area contributed by atoms with E-state index in [0.29, 0.717) is 11.5 Å². The lowest BCUT2D eigenvalue weighted by Crippen LogP contribution is -2.41. The molecule has 158 valence electrons. The van der Waals surface area contributed by atoms with Gasteiger partial charge < -0.3 is 9.42 Å². The summed E-state index contributed by atoms with van der Waals surface area (Å²) in [5, 5.41) is 3.96. The fourth-order valence-corrected chi connectivity index (χ4v) is 3.81. The van der Waals surface area contributed by atoms with Crippen LogP contribution in [-0.4, -0.2) is 49.2 Å². The molecular weight excluding hydrogens is 404 g/mol. The van der Waals surface area contributed by atoms with Gasteiger partial charge in [0.05, 0.1) is 18.5 Å². The van der Waals surface area contributed by atoms with Gasteiger partial charge in [-0.1, -0.05) is 53.2 Å². The standard InChI is InChI=1S/C21H24N4O4S/c1-15-9-11-17(12-10-15)21-22-19(29-23-21)13-24(3)20(26)14-25(30(4,27)28)18-8-6-5-7-16(18)2/h5-12H,13-14H2,1-4H3. The topological polar surface area (TPSA) is 96.6 Å². The number of hydrogen-bond donors (Lipinski definition) is 0. The molecule has 0 saturated heterocycles. The van der Waals surface area contributed by atoms with Crippen LogP contribution in [0.5, 0.6) is 0 Å². The third-order valence-corrected chi connectivity index (χ3v) is 5.77. The van der Waals surface area contributed by atoms with Crippen LogP contribution in [0.2, 0.25) is 0 Å². The Morgan fingerprint density at radius 1 is 1.07 bits per heavy atom. The first-order valence-corrected chi connectivity index (χ1v) is 11.2. The smallest absolute Gasteiger partial charge is 0.246 e. The van der Waals surface area contributed by atoms with Crippen LogP contribution in [0, 0.1) is 13.8 Å². The van der Waals surface area contributed by atoms with Gasteiger partial charge in [0, 0.05) is 12.6 Å². The summed E-state index contributed by atoms with van der Waals surface area (Å²) in [6.45, 7) is 3.54. The number of aryl methyl sites for hydroxylation is 2. The quantitative estimate of drug-likeness (QED) is 0.574. The SMILES string of the molecule is Cc1ccc(-c2noc(CN(C)C(=O)CN(c3ccccc3C)S(C)(=O)=O)n2)cc1. The molecule has 1 heterocycles. The molecule has 1 amide bonds. The summed E-state index contributed by atoms with van der Waals surface area (Å²) >= 11 is 0. The molecule has 8 nitrogen and oxygen atoms in total. The zero-order valence-electron chi connectivity index (χ0n) is 17.4. The first-order chi connectivity index (χ1) is 14.1. The number of amides is 1. The van der Waals surface area contributed by atoms with E-state index < -0.39 is 15.9 Å². The van der Waals surface area contributed by atoms with Crippen molar-refractivity contribution < 1.29 is 17.7 Å². The number of carbonyl (C=O) groups excluding carboxylic acids is 1. The van der Waals surface area contributed by atoms with Gasteiger partial charge in [-0.3, -0.25) is 9.10 Å². The van der Waals surface area contributed by atoms with Crippen LogP contribution in [0.4, 0.5) is 5.69 Å². The number of benzene rings is 2. The van der Waals surface area contributed by atoms with Crippen LogP contribution in [0.25, 0.3) is 11.4 Å². The Morgan fingerprint density at radius 3 is 2.37 bits per heavy atom. The number of carbonyl (C=O) groups is 1. The average Bonchev–Trinajstić information content (AvgIpc) is 3.14. The number of aromatic nitrogens is 2. The highest BCUT2D eigenvalue weighted by Gasteiger charge is 2.24. The molecule has 0 spiro atoms. The van der Waals surface area contributed by atoms with E-state index in [0.717, 1.165) is 27.3 Å². The van der Waals surface area contributed by atoms with Crippen LogP contribution in [-0.2, 0) is 21.4 Å². The molecular formula is C21H24N4O4S. The van der Waals surface area contributed by atoms with Crippen molar-refractivity contribution in [3.05, 3.63) is 65.5 Å². The average molecular weight is 429 g/mol. The third-order valence-electron chi connectivity index (χ3n) is 4.64. The molecule has 0 aliphatic rings. The molecule has 0 aliphatic heterocycles. The van der Waals surface area contributed by atoms with Crippen molar-refractivity contribution in [1.29, 1.82) is 0 Å². The predicted octanol–water partition coefficient (Wildman–Crippen LogP) is 2.78. The summed E-state index contributed by atoms with van der Waals surface area (Å²) in [5.41, 5.74) is 3.17. The molecule has 1 aromatic heterocycles. The van der Waals surface area contributed by atoms with Gasteiger partial charge in [0.15, 0.2) is 0 Å². The third kappa shape index (κ3) is 5.04. The summed E-state index contributed by atoms with van der Waals surface area (Å²) < 4.78 is 31.0. The lowest BCUT2D eigenvalue weighted by atomic mass is 10.1. The minimum atomic E-state index is -3.64. The Balaban J connectivity index is 1.72. The highest BCUT2D eigenvalue weighted by Crippen LogP contribution is 2.22. The van der Waals surface area contributed by atoms with Crippen molar-refractivity contribution >= 4 is 21.6 Å². The molecule has 0 saturated carbocycles. The highest BCUT2D eigenvalue weighted by atomic mass is 32.2. The van der Waals surface area contributed by atoms with Gasteiger partial charge in [-0.15, -0.1) is 0 Å². The number of hydrogen-bond acceptors (Lipinski definition) is 6. The maximum absolute atomic E-state index is 12.7. The van der Waals surface area contributed by atoms with Crippen LogP contribution in [0.1, 0.15) is 17.0 Å². The summed E-state index contributed by atoms with van der Waals surface area (Å²) in [7, 11) is -2.08. The van der Waals surface area contributed by atoms with E-state index in [1.807, 2.05) is 37.3 Å². The van der Waals surface area contributed by atoms with Crippen molar-refractivity contribution in [3.8, 4) is 11.4 Å². The number of sulfonamides is 1. The zero-order valence-corrected chi connectivity index (χ0v) is 18.2. The van der Waals surface area contributed by atoms with Crippen molar-refractivity contribution in [2.75, 3.05) is 24.2 Å². The molecule has 0 unspecified atom stereocenters. The maximum Gasteiger partial charge on any atom is 0.246 e. The number of rotatable bonds is 7. The maximum atomic E-state index is 12.7. The van der Waals surface area contributed by atoms with E-state index in [1.54, 1.807) is 32.2 Å². The van der Waals surface area contributed by atoms with Crippen molar-refractivity contribution in [2.24, 2.45) is 0 Å². The van der Waals surface area contributed by atoms with Gasteiger partial charge in [-0.05, 0) is 25.5 Å². The Hall–Kier alpha value is -3.20. The van der Waals surface area contributed by atoms with Crippen LogP contribution in [0.15, 0.2) is 53.1 Å². The Labute approximate surface area is 176 Å². The number of para-hydroxylation sites is 1. The normalized spacial score (nSPS) is 11.3. The number of anilines is 1. The Kier molecular flexibility index (Phi) is 6.21. The van der Waals surface area contributed by atoms with E-state index in [2.05, 4.69) is 10.1 Å². The van der Waals surface area contributed by atoms with Gasteiger partial charge in [-0.2, -0.15) is 4.98 Å². The molecule has 30 heavy (non-hydrogen) atoms. The van der Waals surface area contributed by atoms with E-state index >= 15 is 0 Å². The number of nitrogens with zero attached hydrogens (tertiary/aromatic N) is 4. The van der Waals surface area contributed by atoms with E-state index in [-0.39, 0.29) is 19.0 Å². The fraction of sp³-hybridized carbons (Fsp3) is 0.286. The minimum absolute atomic E-state index is 0.0725. The fourth-order valence-electron chi connectivity index (χ4n) is 2.90. The number of likely N-dealkylation sites (N-methyl/N-ethyl adjacent to an activating group) is 1. The first kappa shape index (κ1) is 21.5. The molecule has 0 atom stereocenters. The summed E-state index contributed by atoms with van der Waals surface area (Å²) in [4.78, 5) is 18.4. The second-order valence-electron chi connectivity index (χ2n) is 7.18. The molecule has 2 aromatic carbocycles. The predicted molar refractivity (Wildman–Crippen MR) is 114 cm³/mol. The van der Waals surface area contributed by atoms with Crippen molar-refractivity contribution in [3.63, 3.8) is 0 Å². The summed E-state index contributed by atoms with van der Waals surface area (Å²) in [6, 6.07) is 14.7. The van der Waals surface area contributed by atoms with Crippen LogP contribution in [0.3, 0.4) is 0 Å². The summed E-state index contributed by atoms with van der Waals surface area (Å²) in [6.07, 6.45) is 1.08. The molecule has 0 bridgehead atoms. The van der Waals surface area contributed by atoms with Gasteiger partial charge in [0.2, 0.25) is 27.6 Å². The molecule has 0 fully saturated rings. The first-order valence-electron chi connectivity index (χ1n) is 9.32. The largest absolute Gasteiger partial charge is 0.337 e.